The molecule has 17 heavy (non-hydrogen) atoms. The summed E-state index contributed by atoms with van der Waals surface area (Å²) >= 11 is 14.7. The van der Waals surface area contributed by atoms with E-state index in [-0.39, 0.29) is 5.91 Å². The molecule has 6 heteroatoms. The summed E-state index contributed by atoms with van der Waals surface area (Å²) in [5.74, 6) is -0.154. The zero-order valence-corrected chi connectivity index (χ0v) is 12.5. The van der Waals surface area contributed by atoms with Crippen LogP contribution in [0.1, 0.15) is 9.67 Å². The standard InChI is InChI=1S/C11H7BrClNOS2/c12-8-3-6(13)1-2-9(8)14-11(15)10-4-7(16)5-17-10/h1-5,16H,(H,14,15). The van der Waals surface area contributed by atoms with E-state index in [0.29, 0.717) is 15.6 Å². The van der Waals surface area contributed by atoms with Gasteiger partial charge in [-0.3, -0.25) is 4.79 Å². The number of anilines is 1. The lowest BCUT2D eigenvalue weighted by Crippen LogP contribution is -2.10. The second-order valence-electron chi connectivity index (χ2n) is 3.25. The second-order valence-corrected chi connectivity index (χ2v) is 5.97. The predicted octanol–water partition coefficient (Wildman–Crippen LogP) is 4.71. The SMILES string of the molecule is O=C(Nc1ccc(Cl)cc1Br)c1cc(S)cs1. The first-order valence-electron chi connectivity index (χ1n) is 4.60. The Hall–Kier alpha value is -0.490. The van der Waals surface area contributed by atoms with E-state index in [2.05, 4.69) is 33.9 Å². The summed E-state index contributed by atoms with van der Waals surface area (Å²) in [5.41, 5.74) is 0.688. The molecule has 0 fully saturated rings. The third kappa shape index (κ3) is 3.25. The van der Waals surface area contributed by atoms with Gasteiger partial charge < -0.3 is 5.32 Å². The Morgan fingerprint density at radius 3 is 2.76 bits per heavy atom. The highest BCUT2D eigenvalue weighted by molar-refractivity contribution is 9.10. The maximum absolute atomic E-state index is 11.9. The number of benzene rings is 1. The first kappa shape index (κ1) is 13.0. The Labute approximate surface area is 122 Å². The summed E-state index contributed by atoms with van der Waals surface area (Å²) in [4.78, 5) is 13.3. The van der Waals surface area contributed by atoms with E-state index in [1.54, 1.807) is 24.3 Å². The van der Waals surface area contributed by atoms with E-state index in [1.807, 2.05) is 5.38 Å². The van der Waals surface area contributed by atoms with Crippen LogP contribution < -0.4 is 5.32 Å². The van der Waals surface area contributed by atoms with Gasteiger partial charge in [-0.2, -0.15) is 0 Å². The molecule has 1 heterocycles. The minimum atomic E-state index is -0.154. The molecule has 0 aliphatic carbocycles. The van der Waals surface area contributed by atoms with Crippen molar-refractivity contribution >= 4 is 63.1 Å². The third-order valence-electron chi connectivity index (χ3n) is 1.99. The first-order valence-corrected chi connectivity index (χ1v) is 7.10. The highest BCUT2D eigenvalue weighted by atomic mass is 79.9. The van der Waals surface area contributed by atoms with Gasteiger partial charge in [-0.1, -0.05) is 11.6 Å². The third-order valence-corrected chi connectivity index (χ3v) is 4.24. The van der Waals surface area contributed by atoms with Crippen molar-refractivity contribution in [1.29, 1.82) is 0 Å². The molecular weight excluding hydrogens is 342 g/mol. The zero-order chi connectivity index (χ0) is 12.4. The zero-order valence-electron chi connectivity index (χ0n) is 8.41. The summed E-state index contributed by atoms with van der Waals surface area (Å²) in [7, 11) is 0. The van der Waals surface area contributed by atoms with E-state index < -0.39 is 0 Å². The molecule has 0 spiro atoms. The van der Waals surface area contributed by atoms with Crippen LogP contribution in [0.5, 0.6) is 0 Å². The average molecular weight is 349 g/mol. The molecule has 0 aliphatic heterocycles. The van der Waals surface area contributed by atoms with Gasteiger partial charge in [-0.15, -0.1) is 24.0 Å². The number of amides is 1. The smallest absolute Gasteiger partial charge is 0.265 e. The van der Waals surface area contributed by atoms with E-state index in [1.165, 1.54) is 11.3 Å². The molecule has 88 valence electrons. The predicted molar refractivity (Wildman–Crippen MR) is 78.7 cm³/mol. The van der Waals surface area contributed by atoms with Crippen molar-refractivity contribution < 1.29 is 4.79 Å². The lowest BCUT2D eigenvalue weighted by atomic mass is 10.3. The number of hydrogen-bond donors (Lipinski definition) is 2. The van der Waals surface area contributed by atoms with Crippen LogP contribution in [0.2, 0.25) is 5.02 Å². The molecule has 1 aromatic carbocycles. The van der Waals surface area contributed by atoms with Crippen molar-refractivity contribution in [3.63, 3.8) is 0 Å². The number of carbonyl (C=O) groups is 1. The van der Waals surface area contributed by atoms with Crippen molar-refractivity contribution in [3.8, 4) is 0 Å². The van der Waals surface area contributed by atoms with Crippen LogP contribution in [0.25, 0.3) is 0 Å². The quantitative estimate of drug-likeness (QED) is 0.756. The normalized spacial score (nSPS) is 10.3. The summed E-state index contributed by atoms with van der Waals surface area (Å²) in [6.07, 6.45) is 0. The fourth-order valence-electron chi connectivity index (χ4n) is 1.22. The Morgan fingerprint density at radius 2 is 2.18 bits per heavy atom. The largest absolute Gasteiger partial charge is 0.320 e. The molecule has 1 aromatic heterocycles. The lowest BCUT2D eigenvalue weighted by molar-refractivity contribution is 0.103. The van der Waals surface area contributed by atoms with E-state index in [9.17, 15) is 4.79 Å². The number of thiol groups is 1. The average Bonchev–Trinajstić information content (AvgIpc) is 2.69. The Morgan fingerprint density at radius 1 is 1.41 bits per heavy atom. The molecule has 2 nitrogen and oxygen atoms in total. The maximum Gasteiger partial charge on any atom is 0.265 e. The van der Waals surface area contributed by atoms with E-state index in [4.69, 9.17) is 11.6 Å². The highest BCUT2D eigenvalue weighted by Crippen LogP contribution is 2.27. The number of nitrogens with one attached hydrogen (secondary N) is 1. The summed E-state index contributed by atoms with van der Waals surface area (Å²) in [6, 6.07) is 6.93. The van der Waals surface area contributed by atoms with E-state index >= 15 is 0 Å². The molecule has 0 atom stereocenters. The van der Waals surface area contributed by atoms with Crippen LogP contribution in [0.4, 0.5) is 5.69 Å². The molecule has 1 amide bonds. The molecule has 0 aliphatic rings. The molecular formula is C11H7BrClNOS2. The van der Waals surface area contributed by atoms with Gasteiger partial charge in [0, 0.05) is 19.8 Å². The minimum Gasteiger partial charge on any atom is -0.320 e. The molecule has 0 saturated carbocycles. The molecule has 0 saturated heterocycles. The topological polar surface area (TPSA) is 29.1 Å². The number of carbonyl (C=O) groups excluding carboxylic acids is 1. The molecule has 0 radical (unpaired) electrons. The highest BCUT2D eigenvalue weighted by Gasteiger charge is 2.10. The molecule has 2 rings (SSSR count). The lowest BCUT2D eigenvalue weighted by Gasteiger charge is -2.06. The van der Waals surface area contributed by atoms with Gasteiger partial charge in [0.25, 0.3) is 5.91 Å². The fourth-order valence-corrected chi connectivity index (χ4v) is 3.05. The van der Waals surface area contributed by atoms with Crippen molar-refractivity contribution in [1.82, 2.24) is 0 Å². The fraction of sp³-hybridized carbons (Fsp3) is 0. The van der Waals surface area contributed by atoms with Gasteiger partial charge >= 0.3 is 0 Å². The van der Waals surface area contributed by atoms with Gasteiger partial charge in [-0.25, -0.2) is 0 Å². The van der Waals surface area contributed by atoms with Crippen molar-refractivity contribution in [2.45, 2.75) is 4.90 Å². The maximum atomic E-state index is 11.9. The molecule has 0 unspecified atom stereocenters. The Bertz CT molecular complexity index is 570. The number of halogens is 2. The van der Waals surface area contributed by atoms with E-state index in [0.717, 1.165) is 9.37 Å². The van der Waals surface area contributed by atoms with Crippen LogP contribution in [0, 0.1) is 0 Å². The molecule has 0 bridgehead atoms. The Kier molecular flexibility index (Phi) is 4.14. The van der Waals surface area contributed by atoms with Gasteiger partial charge in [-0.05, 0) is 40.2 Å². The molecule has 2 aromatic rings. The van der Waals surface area contributed by atoms with Crippen LogP contribution in [-0.2, 0) is 0 Å². The summed E-state index contributed by atoms with van der Waals surface area (Å²) in [6.45, 7) is 0. The van der Waals surface area contributed by atoms with Crippen molar-refractivity contribution in [2.24, 2.45) is 0 Å². The first-order chi connectivity index (χ1) is 8.06. The van der Waals surface area contributed by atoms with Crippen molar-refractivity contribution in [3.05, 3.63) is 44.0 Å². The minimum absolute atomic E-state index is 0.154. The van der Waals surface area contributed by atoms with Gasteiger partial charge in [0.05, 0.1) is 10.6 Å². The van der Waals surface area contributed by atoms with Crippen molar-refractivity contribution in [2.75, 3.05) is 5.32 Å². The number of rotatable bonds is 2. The van der Waals surface area contributed by atoms with Gasteiger partial charge in [0.15, 0.2) is 0 Å². The number of hydrogen-bond acceptors (Lipinski definition) is 3. The summed E-state index contributed by atoms with van der Waals surface area (Å²) in [5, 5.41) is 5.23. The van der Waals surface area contributed by atoms with Crippen LogP contribution in [-0.4, -0.2) is 5.91 Å². The Balaban J connectivity index is 2.18. The summed E-state index contributed by atoms with van der Waals surface area (Å²) < 4.78 is 0.751. The number of thiophene rings is 1. The molecule has 1 N–H and O–H groups in total. The monoisotopic (exact) mass is 347 g/mol. The second kappa shape index (κ2) is 5.44. The van der Waals surface area contributed by atoms with Gasteiger partial charge in [0.1, 0.15) is 0 Å². The van der Waals surface area contributed by atoms with Gasteiger partial charge in [0.2, 0.25) is 0 Å². The van der Waals surface area contributed by atoms with Crippen LogP contribution >= 0.6 is 51.5 Å². The van der Waals surface area contributed by atoms with Crippen LogP contribution in [0.3, 0.4) is 0 Å². The van der Waals surface area contributed by atoms with Crippen LogP contribution in [0.15, 0.2) is 39.0 Å².